The number of hydrogen-bond donors (Lipinski definition) is 3. The van der Waals surface area contributed by atoms with Crippen molar-refractivity contribution in [1.29, 1.82) is 0 Å². The molecule has 2 aromatic heterocycles. The number of alkyl halides is 1. The summed E-state index contributed by atoms with van der Waals surface area (Å²) in [7, 11) is 0. The number of hydrogen-bond acceptors (Lipinski definition) is 11. The molecule has 4 aliphatic heterocycles. The zero-order chi connectivity index (χ0) is 29.6. The van der Waals surface area contributed by atoms with Gasteiger partial charge >= 0.3 is 5.97 Å². The molecule has 222 valence electrons. The molecule has 2 aromatic carbocycles. The second kappa shape index (κ2) is 11.0. The van der Waals surface area contributed by atoms with Gasteiger partial charge in [-0.2, -0.15) is 9.97 Å². The van der Waals surface area contributed by atoms with E-state index in [0.29, 0.717) is 22.9 Å². The van der Waals surface area contributed by atoms with E-state index in [4.69, 9.17) is 19.2 Å². The third kappa shape index (κ3) is 5.10. The number of piperidine rings is 3. The van der Waals surface area contributed by atoms with Gasteiger partial charge in [0.2, 0.25) is 5.95 Å². The highest BCUT2D eigenvalue weighted by Crippen LogP contribution is 2.42. The highest BCUT2D eigenvalue weighted by molar-refractivity contribution is 5.93. The van der Waals surface area contributed by atoms with Crippen LogP contribution in [0.15, 0.2) is 59.3 Å². The monoisotopic (exact) mass is 585 g/mol. The summed E-state index contributed by atoms with van der Waals surface area (Å²) in [6, 6.07) is 13.8. The zero-order valence-corrected chi connectivity index (χ0v) is 23.7. The first-order valence-electron chi connectivity index (χ1n) is 14.5. The molecule has 0 radical (unpaired) electrons. The maximum Gasteiger partial charge on any atom is 0.338 e. The first-order valence-corrected chi connectivity index (χ1v) is 14.5. The highest BCUT2D eigenvalue weighted by atomic mass is 19.1. The van der Waals surface area contributed by atoms with Crippen molar-refractivity contribution >= 4 is 23.4 Å². The Hall–Kier alpha value is -4.42. The molecule has 3 saturated heterocycles. The van der Waals surface area contributed by atoms with Crippen LogP contribution in [0, 0.1) is 0 Å². The molecule has 0 aliphatic carbocycles. The number of nitrogens with zero attached hydrogens (tertiary/aromatic N) is 5. The van der Waals surface area contributed by atoms with E-state index in [0.717, 1.165) is 44.5 Å². The van der Waals surface area contributed by atoms with Gasteiger partial charge in [-0.15, -0.1) is 0 Å². The largest absolute Gasteiger partial charge is 0.456 e. The Balaban J connectivity index is 1.23. The summed E-state index contributed by atoms with van der Waals surface area (Å²) in [4.78, 5) is 28.8. The number of rotatable bonds is 8. The first kappa shape index (κ1) is 27.4. The molecule has 43 heavy (non-hydrogen) atoms. The molecular formula is C31H32FN7O4. The number of carbonyl (C=O) groups excluding carboxylic acids is 1. The number of aliphatic hydroxyl groups is 1. The minimum atomic E-state index is -1.45. The van der Waals surface area contributed by atoms with Gasteiger partial charge in [0.25, 0.3) is 5.89 Å². The summed E-state index contributed by atoms with van der Waals surface area (Å²) < 4.78 is 25.8. The quantitative estimate of drug-likeness (QED) is 0.248. The summed E-state index contributed by atoms with van der Waals surface area (Å²) in [5.74, 6) is 1.04. The Morgan fingerprint density at radius 3 is 2.60 bits per heavy atom. The fraction of sp³-hybridized carbons (Fsp3) is 0.387. The third-order valence-electron chi connectivity index (χ3n) is 8.86. The summed E-state index contributed by atoms with van der Waals surface area (Å²) in [5, 5.41) is 21.1. The lowest BCUT2D eigenvalue weighted by molar-refractivity contribution is 0.00405. The fourth-order valence-corrected chi connectivity index (χ4v) is 6.23. The topological polar surface area (TPSA) is 139 Å². The summed E-state index contributed by atoms with van der Waals surface area (Å²) in [5.41, 5.74) is 2.22. The van der Waals surface area contributed by atoms with Crippen molar-refractivity contribution in [3.05, 3.63) is 77.2 Å². The van der Waals surface area contributed by atoms with Crippen molar-refractivity contribution in [1.82, 2.24) is 25.0 Å². The number of anilines is 3. The number of fused-ring (bicyclic) bond motifs is 4. The van der Waals surface area contributed by atoms with Crippen LogP contribution in [0.3, 0.4) is 0 Å². The molecule has 11 nitrogen and oxygen atoms in total. The second-order valence-corrected chi connectivity index (χ2v) is 11.5. The molecule has 0 saturated carbocycles. The SMILES string of the molecule is C[C@@H]1OC(=O)c2ccc(Nc3ncc(-c4nc(C56CCN(CC5)CC6)no4)c(N[C@H](CO)c4ccccc4)n3)cc2[C@@H]1F. The minimum Gasteiger partial charge on any atom is -0.456 e. The van der Waals surface area contributed by atoms with E-state index in [9.17, 15) is 14.3 Å². The van der Waals surface area contributed by atoms with Gasteiger partial charge in [0.1, 0.15) is 17.5 Å². The van der Waals surface area contributed by atoms with Crippen LogP contribution in [0.4, 0.5) is 21.8 Å². The molecule has 12 heteroatoms. The van der Waals surface area contributed by atoms with Gasteiger partial charge in [0.15, 0.2) is 12.0 Å². The van der Waals surface area contributed by atoms with Crippen molar-refractivity contribution in [3.63, 3.8) is 0 Å². The summed E-state index contributed by atoms with van der Waals surface area (Å²) in [6.45, 7) is 4.42. The highest BCUT2D eigenvalue weighted by Gasteiger charge is 2.44. The van der Waals surface area contributed by atoms with E-state index in [2.05, 4.69) is 25.7 Å². The number of halogens is 1. The number of nitrogens with one attached hydrogen (secondary N) is 2. The minimum absolute atomic E-state index is 0.0885. The zero-order valence-electron chi connectivity index (χ0n) is 23.7. The molecule has 4 aromatic rings. The van der Waals surface area contributed by atoms with Gasteiger partial charge in [0, 0.05) is 22.9 Å². The van der Waals surface area contributed by atoms with Gasteiger partial charge < -0.3 is 29.9 Å². The van der Waals surface area contributed by atoms with Crippen LogP contribution in [0.2, 0.25) is 0 Å². The molecule has 0 spiro atoms. The van der Waals surface area contributed by atoms with Crippen molar-refractivity contribution in [2.75, 3.05) is 36.9 Å². The van der Waals surface area contributed by atoms with Gasteiger partial charge in [-0.05, 0) is 69.6 Å². The predicted molar refractivity (Wildman–Crippen MR) is 156 cm³/mol. The molecule has 0 amide bonds. The molecule has 4 aliphatic rings. The normalized spacial score (nSPS) is 25.1. The van der Waals surface area contributed by atoms with E-state index in [-0.39, 0.29) is 35.0 Å². The van der Waals surface area contributed by atoms with Crippen molar-refractivity contribution < 1.29 is 23.6 Å². The third-order valence-corrected chi connectivity index (χ3v) is 8.86. The molecule has 6 heterocycles. The van der Waals surface area contributed by atoms with E-state index < -0.39 is 24.3 Å². The van der Waals surface area contributed by atoms with Crippen LogP contribution < -0.4 is 10.6 Å². The van der Waals surface area contributed by atoms with E-state index in [1.807, 2.05) is 30.3 Å². The number of ether oxygens (including phenoxy) is 1. The Kier molecular flexibility index (Phi) is 7.02. The predicted octanol–water partition coefficient (Wildman–Crippen LogP) is 4.72. The molecule has 8 rings (SSSR count). The Morgan fingerprint density at radius 1 is 1.09 bits per heavy atom. The molecule has 3 atom stereocenters. The van der Waals surface area contributed by atoms with E-state index in [1.165, 1.54) is 13.0 Å². The van der Waals surface area contributed by atoms with Gasteiger partial charge in [-0.1, -0.05) is 35.5 Å². The Labute approximate surface area is 247 Å². The maximum atomic E-state index is 14.9. The molecule has 3 fully saturated rings. The van der Waals surface area contributed by atoms with Crippen LogP contribution in [0.5, 0.6) is 0 Å². The molecule has 3 N–H and O–H groups in total. The average Bonchev–Trinajstić information content (AvgIpc) is 3.55. The lowest BCUT2D eigenvalue weighted by Gasteiger charge is -2.46. The van der Waals surface area contributed by atoms with Gasteiger partial charge in [-0.25, -0.2) is 14.2 Å². The maximum absolute atomic E-state index is 14.9. The second-order valence-electron chi connectivity index (χ2n) is 11.5. The van der Waals surface area contributed by atoms with Crippen LogP contribution in [-0.4, -0.2) is 68.4 Å². The lowest BCUT2D eigenvalue weighted by Crippen LogP contribution is -2.51. The van der Waals surface area contributed by atoms with Crippen LogP contribution in [0.1, 0.15) is 65.7 Å². The van der Waals surface area contributed by atoms with Gasteiger partial charge in [-0.3, -0.25) is 0 Å². The van der Waals surface area contributed by atoms with E-state index >= 15 is 0 Å². The summed E-state index contributed by atoms with van der Waals surface area (Å²) in [6.07, 6.45) is 2.24. The number of cyclic esters (lactones) is 1. The lowest BCUT2D eigenvalue weighted by atomic mass is 9.71. The van der Waals surface area contributed by atoms with Crippen molar-refractivity contribution in [2.24, 2.45) is 0 Å². The smallest absolute Gasteiger partial charge is 0.338 e. The number of carbonyl (C=O) groups is 1. The van der Waals surface area contributed by atoms with E-state index in [1.54, 1.807) is 18.3 Å². The molecule has 2 bridgehead atoms. The fourth-order valence-electron chi connectivity index (χ4n) is 6.23. The Bertz CT molecular complexity index is 1630. The molecular weight excluding hydrogens is 553 g/mol. The first-order chi connectivity index (χ1) is 20.9. The van der Waals surface area contributed by atoms with Crippen LogP contribution >= 0.6 is 0 Å². The molecule has 0 unspecified atom stereocenters. The van der Waals surface area contributed by atoms with Gasteiger partial charge in [0.05, 0.1) is 18.2 Å². The number of aliphatic hydroxyl groups excluding tert-OH is 1. The number of aromatic nitrogens is 4. The number of esters is 1. The van der Waals surface area contributed by atoms with Crippen molar-refractivity contribution in [3.8, 4) is 11.5 Å². The average molecular weight is 586 g/mol. The van der Waals surface area contributed by atoms with Crippen molar-refractivity contribution in [2.45, 2.75) is 49.9 Å². The van der Waals surface area contributed by atoms with Crippen LogP contribution in [-0.2, 0) is 10.2 Å². The van der Waals surface area contributed by atoms with Crippen LogP contribution in [0.25, 0.3) is 11.5 Å². The number of benzene rings is 2. The summed E-state index contributed by atoms with van der Waals surface area (Å²) >= 11 is 0. The standard InChI is InChI=1S/C31H32FN7O4/c1-18-25(32)22-15-20(7-8-21(22)28(41)42-18)34-30-33-16-23(26(36-30)35-24(17-40)19-5-3-2-4-6-19)27-37-29(38-43-27)31-9-12-39(13-10-31)14-11-31/h2-8,15-16,18,24-25,40H,9-14,17H2,1H3,(H2,33,34,35,36)/t18-,24+,25+/m0/s1. The Morgan fingerprint density at radius 2 is 1.86 bits per heavy atom.